The van der Waals surface area contributed by atoms with E-state index in [0.29, 0.717) is 12.5 Å². The summed E-state index contributed by atoms with van der Waals surface area (Å²) in [7, 11) is 0. The molecule has 2 aromatic rings. The van der Waals surface area contributed by atoms with Gasteiger partial charge in [0.15, 0.2) is 0 Å². The minimum absolute atomic E-state index is 0.625. The molecule has 0 bridgehead atoms. The molecule has 1 heterocycles. The maximum atomic E-state index is 5.69. The molecule has 3 N–H and O–H groups in total. The van der Waals surface area contributed by atoms with Gasteiger partial charge in [0.05, 0.1) is 0 Å². The van der Waals surface area contributed by atoms with Gasteiger partial charge >= 0.3 is 0 Å². The molecular weight excluding hydrogens is 208 g/mol. The van der Waals surface area contributed by atoms with E-state index in [2.05, 4.69) is 44.0 Å². The van der Waals surface area contributed by atoms with Gasteiger partial charge in [-0.05, 0) is 55.5 Å². The SMILES string of the molecule is CC[C@@H](C)c1ccc2[nH]c(C)c(CCN)c2c1. The van der Waals surface area contributed by atoms with Crippen molar-refractivity contribution in [2.75, 3.05) is 6.54 Å². The lowest BCUT2D eigenvalue weighted by molar-refractivity contribution is 0.734. The van der Waals surface area contributed by atoms with Crippen LogP contribution in [0.4, 0.5) is 0 Å². The third-order valence-electron chi connectivity index (χ3n) is 3.72. The summed E-state index contributed by atoms with van der Waals surface area (Å²) in [6.07, 6.45) is 2.14. The van der Waals surface area contributed by atoms with Crippen LogP contribution in [-0.4, -0.2) is 11.5 Å². The Kier molecular flexibility index (Phi) is 3.53. The Balaban J connectivity index is 2.54. The number of rotatable bonds is 4. The van der Waals surface area contributed by atoms with Gasteiger partial charge in [-0.2, -0.15) is 0 Å². The number of nitrogens with one attached hydrogen (secondary N) is 1. The number of H-pyrrole nitrogens is 1. The summed E-state index contributed by atoms with van der Waals surface area (Å²) >= 11 is 0. The van der Waals surface area contributed by atoms with Crippen molar-refractivity contribution in [2.24, 2.45) is 5.73 Å². The zero-order valence-electron chi connectivity index (χ0n) is 11.0. The summed E-state index contributed by atoms with van der Waals surface area (Å²) in [6.45, 7) is 7.36. The number of aromatic amines is 1. The number of hydrogen-bond acceptors (Lipinski definition) is 1. The molecule has 0 aliphatic heterocycles. The molecule has 0 aliphatic carbocycles. The van der Waals surface area contributed by atoms with Crippen molar-refractivity contribution >= 4 is 10.9 Å². The Morgan fingerprint density at radius 2 is 2.12 bits per heavy atom. The molecule has 0 amide bonds. The number of benzene rings is 1. The molecule has 0 aliphatic rings. The molecule has 0 fully saturated rings. The number of nitrogens with two attached hydrogens (primary N) is 1. The first kappa shape index (κ1) is 12.2. The van der Waals surface area contributed by atoms with E-state index < -0.39 is 0 Å². The van der Waals surface area contributed by atoms with E-state index in [-0.39, 0.29) is 0 Å². The minimum atomic E-state index is 0.625. The highest BCUT2D eigenvalue weighted by Gasteiger charge is 2.10. The van der Waals surface area contributed by atoms with Crippen LogP contribution < -0.4 is 5.73 Å². The Labute approximate surface area is 103 Å². The summed E-state index contributed by atoms with van der Waals surface area (Å²) in [5.41, 5.74) is 11.0. The highest BCUT2D eigenvalue weighted by molar-refractivity contribution is 5.85. The van der Waals surface area contributed by atoms with Crippen LogP contribution >= 0.6 is 0 Å². The molecular formula is C15H22N2. The van der Waals surface area contributed by atoms with Crippen LogP contribution in [-0.2, 0) is 6.42 Å². The van der Waals surface area contributed by atoms with Gasteiger partial charge in [0.1, 0.15) is 0 Å². The van der Waals surface area contributed by atoms with Gasteiger partial charge < -0.3 is 10.7 Å². The molecule has 0 spiro atoms. The first-order valence-electron chi connectivity index (χ1n) is 6.48. The zero-order chi connectivity index (χ0) is 12.4. The third kappa shape index (κ3) is 2.22. The summed E-state index contributed by atoms with van der Waals surface area (Å²) in [5, 5.41) is 1.35. The van der Waals surface area contributed by atoms with Crippen molar-refractivity contribution in [1.29, 1.82) is 0 Å². The highest BCUT2D eigenvalue weighted by atomic mass is 14.7. The van der Waals surface area contributed by atoms with E-state index in [1.165, 1.54) is 34.1 Å². The fourth-order valence-electron chi connectivity index (χ4n) is 2.41. The average molecular weight is 230 g/mol. The molecule has 92 valence electrons. The van der Waals surface area contributed by atoms with Crippen LogP contribution in [0.1, 0.15) is 43.0 Å². The molecule has 0 saturated carbocycles. The molecule has 0 saturated heterocycles. The fraction of sp³-hybridized carbons (Fsp3) is 0.467. The minimum Gasteiger partial charge on any atom is -0.358 e. The van der Waals surface area contributed by atoms with Crippen LogP contribution in [0.5, 0.6) is 0 Å². The zero-order valence-corrected chi connectivity index (χ0v) is 11.0. The first-order chi connectivity index (χ1) is 8.17. The quantitative estimate of drug-likeness (QED) is 0.829. The van der Waals surface area contributed by atoms with E-state index in [1.807, 2.05) is 0 Å². The molecule has 1 aromatic carbocycles. The normalized spacial score (nSPS) is 13.2. The maximum Gasteiger partial charge on any atom is 0.0459 e. The average Bonchev–Trinajstić information content (AvgIpc) is 2.65. The van der Waals surface area contributed by atoms with Crippen LogP contribution in [0.15, 0.2) is 18.2 Å². The van der Waals surface area contributed by atoms with E-state index in [9.17, 15) is 0 Å². The van der Waals surface area contributed by atoms with Crippen molar-refractivity contribution in [2.45, 2.75) is 39.5 Å². The Morgan fingerprint density at radius 1 is 1.35 bits per heavy atom. The van der Waals surface area contributed by atoms with Crippen LogP contribution in [0.2, 0.25) is 0 Å². The number of aromatic nitrogens is 1. The highest BCUT2D eigenvalue weighted by Crippen LogP contribution is 2.27. The Hall–Kier alpha value is -1.28. The molecule has 1 aromatic heterocycles. The van der Waals surface area contributed by atoms with Gasteiger partial charge in [-0.3, -0.25) is 0 Å². The van der Waals surface area contributed by atoms with Crippen molar-refractivity contribution in [3.05, 3.63) is 35.0 Å². The number of fused-ring (bicyclic) bond motifs is 1. The predicted octanol–water partition coefficient (Wildman–Crippen LogP) is 3.49. The fourth-order valence-corrected chi connectivity index (χ4v) is 2.41. The lowest BCUT2D eigenvalue weighted by atomic mass is 9.96. The Bertz CT molecular complexity index is 511. The Morgan fingerprint density at radius 3 is 2.76 bits per heavy atom. The molecule has 2 rings (SSSR count). The van der Waals surface area contributed by atoms with E-state index in [0.717, 1.165) is 6.42 Å². The summed E-state index contributed by atoms with van der Waals surface area (Å²) in [5.74, 6) is 0.625. The van der Waals surface area contributed by atoms with Gasteiger partial charge in [0.2, 0.25) is 0 Å². The van der Waals surface area contributed by atoms with Crippen molar-refractivity contribution in [3.8, 4) is 0 Å². The standard InChI is InChI=1S/C15H22N2/c1-4-10(2)12-5-6-15-14(9-12)13(7-8-16)11(3)17-15/h5-6,9-10,17H,4,7-8,16H2,1-3H3/t10-/m1/s1. The first-order valence-corrected chi connectivity index (χ1v) is 6.48. The van der Waals surface area contributed by atoms with E-state index in [1.54, 1.807) is 0 Å². The van der Waals surface area contributed by atoms with Gasteiger partial charge in [-0.25, -0.2) is 0 Å². The molecule has 0 unspecified atom stereocenters. The second kappa shape index (κ2) is 4.92. The largest absolute Gasteiger partial charge is 0.358 e. The molecule has 0 radical (unpaired) electrons. The third-order valence-corrected chi connectivity index (χ3v) is 3.72. The summed E-state index contributed by atoms with van der Waals surface area (Å²) in [6, 6.07) is 6.76. The number of aryl methyl sites for hydroxylation is 1. The molecule has 17 heavy (non-hydrogen) atoms. The summed E-state index contributed by atoms with van der Waals surface area (Å²) < 4.78 is 0. The smallest absolute Gasteiger partial charge is 0.0459 e. The van der Waals surface area contributed by atoms with Crippen LogP contribution in [0.3, 0.4) is 0 Å². The van der Waals surface area contributed by atoms with Crippen LogP contribution in [0.25, 0.3) is 10.9 Å². The van der Waals surface area contributed by atoms with Crippen molar-refractivity contribution in [3.63, 3.8) is 0 Å². The topological polar surface area (TPSA) is 41.8 Å². The number of hydrogen-bond donors (Lipinski definition) is 2. The van der Waals surface area contributed by atoms with Crippen LogP contribution in [0, 0.1) is 6.92 Å². The van der Waals surface area contributed by atoms with Gasteiger partial charge in [0.25, 0.3) is 0 Å². The predicted molar refractivity (Wildman–Crippen MR) is 74.5 cm³/mol. The second-order valence-corrected chi connectivity index (χ2v) is 4.88. The lowest BCUT2D eigenvalue weighted by Gasteiger charge is -2.09. The monoisotopic (exact) mass is 230 g/mol. The second-order valence-electron chi connectivity index (χ2n) is 4.88. The van der Waals surface area contributed by atoms with Gasteiger partial charge in [-0.1, -0.05) is 19.9 Å². The van der Waals surface area contributed by atoms with Gasteiger partial charge in [0, 0.05) is 16.6 Å². The molecule has 2 heteroatoms. The molecule has 2 nitrogen and oxygen atoms in total. The lowest BCUT2D eigenvalue weighted by Crippen LogP contribution is -2.03. The molecule has 1 atom stereocenters. The van der Waals surface area contributed by atoms with Gasteiger partial charge in [-0.15, -0.1) is 0 Å². The maximum absolute atomic E-state index is 5.69. The summed E-state index contributed by atoms with van der Waals surface area (Å²) in [4.78, 5) is 3.44. The van der Waals surface area contributed by atoms with Crippen molar-refractivity contribution < 1.29 is 0 Å². The van der Waals surface area contributed by atoms with Crippen molar-refractivity contribution in [1.82, 2.24) is 4.98 Å². The van der Waals surface area contributed by atoms with E-state index in [4.69, 9.17) is 5.73 Å². The van der Waals surface area contributed by atoms with E-state index >= 15 is 0 Å².